The maximum absolute atomic E-state index is 12.7. The summed E-state index contributed by atoms with van der Waals surface area (Å²) in [4.78, 5) is 15.7. The number of benzene rings is 1. The number of aromatic nitrogens is 2. The molecule has 3 aromatic rings. The molecule has 1 saturated heterocycles. The molecule has 0 spiro atoms. The second-order valence-electron chi connectivity index (χ2n) is 7.00. The highest BCUT2D eigenvalue weighted by Crippen LogP contribution is 2.37. The van der Waals surface area contributed by atoms with E-state index in [4.69, 9.17) is 11.6 Å². The van der Waals surface area contributed by atoms with Crippen LogP contribution in [0.3, 0.4) is 0 Å². The molecule has 0 saturated carbocycles. The molecule has 4 nitrogen and oxygen atoms in total. The quantitative estimate of drug-likeness (QED) is 0.485. The summed E-state index contributed by atoms with van der Waals surface area (Å²) < 4.78 is 0. The van der Waals surface area contributed by atoms with Crippen LogP contribution in [0.2, 0.25) is 5.02 Å². The van der Waals surface area contributed by atoms with Gasteiger partial charge in [0.15, 0.2) is 5.01 Å². The third-order valence-electron chi connectivity index (χ3n) is 4.91. The number of halogens is 1. The second-order valence-corrected chi connectivity index (χ2v) is 9.38. The highest BCUT2D eigenvalue weighted by Gasteiger charge is 2.19. The maximum Gasteiger partial charge on any atom is 0.253 e. The first kappa shape index (κ1) is 19.6. The minimum Gasteiger partial charge on any atom is -0.339 e. The van der Waals surface area contributed by atoms with Crippen LogP contribution in [-0.4, -0.2) is 34.1 Å². The summed E-state index contributed by atoms with van der Waals surface area (Å²) in [5, 5.41) is 13.3. The van der Waals surface area contributed by atoms with Gasteiger partial charge in [0.1, 0.15) is 5.01 Å². The van der Waals surface area contributed by atoms with Crippen LogP contribution in [-0.2, 0) is 6.42 Å². The molecule has 3 heterocycles. The van der Waals surface area contributed by atoms with E-state index in [1.54, 1.807) is 28.7 Å². The topological polar surface area (TPSA) is 46.1 Å². The monoisotopic (exact) mass is 431 g/mol. The molecule has 1 fully saturated rings. The van der Waals surface area contributed by atoms with Crippen LogP contribution in [0.15, 0.2) is 29.6 Å². The van der Waals surface area contributed by atoms with Gasteiger partial charge >= 0.3 is 0 Å². The van der Waals surface area contributed by atoms with Crippen molar-refractivity contribution in [1.29, 1.82) is 0 Å². The molecule has 2 aromatic heterocycles. The molecular weight excluding hydrogens is 410 g/mol. The van der Waals surface area contributed by atoms with E-state index in [2.05, 4.69) is 28.6 Å². The van der Waals surface area contributed by atoms with Gasteiger partial charge in [0, 0.05) is 35.7 Å². The highest BCUT2D eigenvalue weighted by atomic mass is 35.5. The third kappa shape index (κ3) is 4.14. The highest BCUT2D eigenvalue weighted by molar-refractivity contribution is 7.21. The van der Waals surface area contributed by atoms with E-state index in [-0.39, 0.29) is 5.91 Å². The normalized spacial score (nSPS) is 14.4. The fourth-order valence-corrected chi connectivity index (χ4v) is 5.62. The van der Waals surface area contributed by atoms with Crippen molar-refractivity contribution in [3.63, 3.8) is 0 Å². The Kier molecular flexibility index (Phi) is 6.09. The Bertz CT molecular complexity index is 976. The first-order chi connectivity index (χ1) is 13.7. The Hall–Kier alpha value is -1.76. The molecule has 4 rings (SSSR count). The molecule has 1 amide bonds. The Morgan fingerprint density at radius 3 is 2.75 bits per heavy atom. The molecule has 0 bridgehead atoms. The van der Waals surface area contributed by atoms with Gasteiger partial charge in [0.25, 0.3) is 5.91 Å². The number of hydrogen-bond donors (Lipinski definition) is 0. The summed E-state index contributed by atoms with van der Waals surface area (Å²) in [5.74, 6) is 0.0801. The average molecular weight is 432 g/mol. The molecule has 0 aliphatic carbocycles. The van der Waals surface area contributed by atoms with Crippen molar-refractivity contribution < 1.29 is 4.79 Å². The van der Waals surface area contributed by atoms with Crippen LogP contribution in [0.5, 0.6) is 0 Å². The van der Waals surface area contributed by atoms with Gasteiger partial charge in [0.05, 0.1) is 4.88 Å². The third-order valence-corrected chi connectivity index (χ3v) is 7.31. The van der Waals surface area contributed by atoms with Crippen LogP contribution in [0.4, 0.5) is 0 Å². The molecule has 1 aliphatic heterocycles. The molecule has 0 N–H and O–H groups in total. The van der Waals surface area contributed by atoms with Crippen molar-refractivity contribution in [2.24, 2.45) is 0 Å². The molecule has 146 valence electrons. The fraction of sp³-hybridized carbons (Fsp3) is 0.381. The van der Waals surface area contributed by atoms with Gasteiger partial charge in [-0.15, -0.1) is 21.5 Å². The Balaban J connectivity index is 1.54. The summed E-state index contributed by atoms with van der Waals surface area (Å²) in [6.07, 6.45) is 5.41. The molecule has 1 aliphatic rings. The zero-order chi connectivity index (χ0) is 19.5. The number of carbonyl (C=O) groups excluding carboxylic acids is 1. The van der Waals surface area contributed by atoms with Crippen LogP contribution in [0, 0.1) is 0 Å². The molecular formula is C21H22ClN3OS2. The molecule has 28 heavy (non-hydrogen) atoms. The van der Waals surface area contributed by atoms with E-state index in [0.717, 1.165) is 64.8 Å². The van der Waals surface area contributed by atoms with E-state index in [9.17, 15) is 4.79 Å². The van der Waals surface area contributed by atoms with Crippen molar-refractivity contribution in [2.75, 3.05) is 13.1 Å². The van der Waals surface area contributed by atoms with Crippen molar-refractivity contribution in [3.8, 4) is 21.0 Å². The zero-order valence-electron chi connectivity index (χ0n) is 15.8. The number of nitrogens with zero attached hydrogens (tertiary/aromatic N) is 3. The molecule has 0 unspecified atom stereocenters. The van der Waals surface area contributed by atoms with E-state index in [1.165, 1.54) is 6.42 Å². The standard InChI is InChI=1S/C21H22ClN3OS2/c1-2-6-19-23-24-20(28-19)18-12-15(13-27-18)16-8-7-14(11-17(16)22)21(26)25-9-4-3-5-10-25/h7-8,11-13H,2-6,9-10H2,1H3. The summed E-state index contributed by atoms with van der Waals surface area (Å²) >= 11 is 9.85. The van der Waals surface area contributed by atoms with Gasteiger partial charge in [-0.1, -0.05) is 35.9 Å². The lowest BCUT2D eigenvalue weighted by molar-refractivity contribution is 0.0724. The molecule has 0 radical (unpaired) electrons. The van der Waals surface area contributed by atoms with Gasteiger partial charge in [-0.2, -0.15) is 0 Å². The molecule has 1 aromatic carbocycles. The number of thiophene rings is 1. The number of piperidine rings is 1. The smallest absolute Gasteiger partial charge is 0.253 e. The van der Waals surface area contributed by atoms with Crippen LogP contribution in [0.25, 0.3) is 21.0 Å². The number of carbonyl (C=O) groups is 1. The van der Waals surface area contributed by atoms with E-state index >= 15 is 0 Å². The fourth-order valence-electron chi connectivity index (χ4n) is 3.42. The van der Waals surface area contributed by atoms with Crippen molar-refractivity contribution in [3.05, 3.63) is 45.2 Å². The van der Waals surface area contributed by atoms with Crippen molar-refractivity contribution in [2.45, 2.75) is 39.0 Å². The van der Waals surface area contributed by atoms with Crippen LogP contribution < -0.4 is 0 Å². The summed E-state index contributed by atoms with van der Waals surface area (Å²) in [5.41, 5.74) is 2.66. The number of likely N-dealkylation sites (tertiary alicyclic amines) is 1. The first-order valence-corrected chi connectivity index (χ1v) is 11.7. The van der Waals surface area contributed by atoms with Crippen molar-refractivity contribution in [1.82, 2.24) is 15.1 Å². The van der Waals surface area contributed by atoms with Crippen LogP contribution in [0.1, 0.15) is 48.0 Å². The predicted octanol–water partition coefficient (Wildman–Crippen LogP) is 6.17. The zero-order valence-corrected chi connectivity index (χ0v) is 18.2. The number of amides is 1. The molecule has 7 heteroatoms. The summed E-state index contributed by atoms with van der Waals surface area (Å²) in [7, 11) is 0. The minimum absolute atomic E-state index is 0.0801. The lowest BCUT2D eigenvalue weighted by Crippen LogP contribution is -2.35. The lowest BCUT2D eigenvalue weighted by atomic mass is 10.0. The Labute approximate surface area is 178 Å². The van der Waals surface area contributed by atoms with Crippen LogP contribution >= 0.6 is 34.3 Å². The van der Waals surface area contributed by atoms with E-state index < -0.39 is 0 Å². The summed E-state index contributed by atoms with van der Waals surface area (Å²) in [6.45, 7) is 3.83. The van der Waals surface area contributed by atoms with Crippen molar-refractivity contribution >= 4 is 40.2 Å². The minimum atomic E-state index is 0.0801. The van der Waals surface area contributed by atoms with Gasteiger partial charge in [0.2, 0.25) is 0 Å². The first-order valence-electron chi connectivity index (χ1n) is 9.66. The van der Waals surface area contributed by atoms with E-state index in [1.807, 2.05) is 17.0 Å². The van der Waals surface area contributed by atoms with Gasteiger partial charge in [-0.3, -0.25) is 4.79 Å². The van der Waals surface area contributed by atoms with E-state index in [0.29, 0.717) is 10.6 Å². The number of rotatable bonds is 5. The lowest BCUT2D eigenvalue weighted by Gasteiger charge is -2.26. The summed E-state index contributed by atoms with van der Waals surface area (Å²) in [6, 6.07) is 7.75. The Morgan fingerprint density at radius 1 is 1.18 bits per heavy atom. The van der Waals surface area contributed by atoms with Gasteiger partial charge < -0.3 is 4.90 Å². The largest absolute Gasteiger partial charge is 0.339 e. The van der Waals surface area contributed by atoms with Gasteiger partial charge in [-0.05, 0) is 54.8 Å². The average Bonchev–Trinajstić information content (AvgIpc) is 3.38. The SMILES string of the molecule is CCCc1nnc(-c2cc(-c3ccc(C(=O)N4CCCCC4)cc3Cl)cs2)s1. The number of hydrogen-bond acceptors (Lipinski definition) is 5. The predicted molar refractivity (Wildman–Crippen MR) is 117 cm³/mol. The number of aryl methyl sites for hydroxylation is 1. The second kappa shape index (κ2) is 8.72. The molecule has 0 atom stereocenters. The Morgan fingerprint density at radius 2 is 2.00 bits per heavy atom. The maximum atomic E-state index is 12.7. The van der Waals surface area contributed by atoms with Gasteiger partial charge in [-0.25, -0.2) is 0 Å².